The highest BCUT2D eigenvalue weighted by Gasteiger charge is 2.24. The first-order chi connectivity index (χ1) is 14.4. The van der Waals surface area contributed by atoms with Crippen LogP contribution in [0.1, 0.15) is 77.1 Å². The van der Waals surface area contributed by atoms with Crippen LogP contribution in [0.2, 0.25) is 5.02 Å². The summed E-state index contributed by atoms with van der Waals surface area (Å²) in [4.78, 5) is 32.5. The number of benzene rings is 1. The van der Waals surface area contributed by atoms with Crippen molar-refractivity contribution in [2.45, 2.75) is 71.3 Å². The number of fused-ring (bicyclic) bond motifs is 1. The third-order valence-electron chi connectivity index (χ3n) is 5.58. The molecule has 166 valence electrons. The van der Waals surface area contributed by atoms with Crippen molar-refractivity contribution in [1.82, 2.24) is 14.5 Å². The fraction of sp³-hybridized carbons (Fsp3) is 0.609. The summed E-state index contributed by atoms with van der Waals surface area (Å²) in [7, 11) is 1.72. The molecule has 1 unspecified atom stereocenters. The lowest BCUT2D eigenvalue weighted by Crippen LogP contribution is -2.37. The lowest BCUT2D eigenvalue weighted by atomic mass is 10.1. The molecule has 2 N–H and O–H groups in total. The Morgan fingerprint density at radius 2 is 1.93 bits per heavy atom. The van der Waals surface area contributed by atoms with Crippen LogP contribution < -0.4 is 11.3 Å². The Bertz CT molecular complexity index is 897. The normalized spacial score (nSPS) is 12.3. The predicted octanol–water partition coefficient (Wildman–Crippen LogP) is 4.58. The quantitative estimate of drug-likeness (QED) is 0.496. The first kappa shape index (κ1) is 24.4. The van der Waals surface area contributed by atoms with E-state index in [0.29, 0.717) is 41.3 Å². The Hall–Kier alpha value is -1.92. The number of nitrogens with two attached hydrogens (primary N) is 1. The lowest BCUT2D eigenvalue weighted by molar-refractivity contribution is -0.133. The lowest BCUT2D eigenvalue weighted by Gasteiger charge is -2.30. The minimum Gasteiger partial charge on any atom is -0.333 e. The Balaban J connectivity index is 2.30. The van der Waals surface area contributed by atoms with E-state index in [1.807, 2.05) is 11.8 Å². The zero-order chi connectivity index (χ0) is 22.1. The second-order valence-corrected chi connectivity index (χ2v) is 8.36. The van der Waals surface area contributed by atoms with Crippen molar-refractivity contribution in [3.8, 4) is 0 Å². The van der Waals surface area contributed by atoms with Gasteiger partial charge in [-0.15, -0.1) is 0 Å². The SMILES string of the molecule is CCCCCC(=O)N(CCCCCCN)C(C)c1nc2cc(Cl)ccc2c(=O)n1C. The molecule has 2 aromatic rings. The highest BCUT2D eigenvalue weighted by molar-refractivity contribution is 6.31. The van der Waals surface area contributed by atoms with Gasteiger partial charge in [-0.25, -0.2) is 4.98 Å². The van der Waals surface area contributed by atoms with Gasteiger partial charge in [-0.2, -0.15) is 0 Å². The maximum Gasteiger partial charge on any atom is 0.261 e. The van der Waals surface area contributed by atoms with E-state index < -0.39 is 0 Å². The fourth-order valence-corrected chi connectivity index (χ4v) is 3.92. The highest BCUT2D eigenvalue weighted by atomic mass is 35.5. The van der Waals surface area contributed by atoms with E-state index in [9.17, 15) is 9.59 Å². The van der Waals surface area contributed by atoms with Gasteiger partial charge in [0.15, 0.2) is 0 Å². The number of carbonyl (C=O) groups excluding carboxylic acids is 1. The number of halogens is 1. The van der Waals surface area contributed by atoms with Crippen LogP contribution >= 0.6 is 11.6 Å². The largest absolute Gasteiger partial charge is 0.333 e. The minimum absolute atomic E-state index is 0.121. The van der Waals surface area contributed by atoms with Crippen LogP contribution in [-0.4, -0.2) is 33.4 Å². The van der Waals surface area contributed by atoms with Crippen molar-refractivity contribution >= 4 is 28.4 Å². The molecule has 1 atom stereocenters. The van der Waals surface area contributed by atoms with Crippen LogP contribution in [0.5, 0.6) is 0 Å². The summed E-state index contributed by atoms with van der Waals surface area (Å²) in [6.07, 6.45) is 7.52. The molecule has 1 aromatic carbocycles. The van der Waals surface area contributed by atoms with Crippen LogP contribution in [0.25, 0.3) is 10.9 Å². The molecule has 1 amide bonds. The number of aromatic nitrogens is 2. The van der Waals surface area contributed by atoms with Crippen LogP contribution in [0, 0.1) is 0 Å². The second kappa shape index (κ2) is 12.1. The van der Waals surface area contributed by atoms with Crippen molar-refractivity contribution in [3.05, 3.63) is 39.4 Å². The van der Waals surface area contributed by atoms with E-state index in [-0.39, 0.29) is 17.5 Å². The van der Waals surface area contributed by atoms with Gasteiger partial charge in [0.1, 0.15) is 5.82 Å². The van der Waals surface area contributed by atoms with Gasteiger partial charge in [0.05, 0.1) is 16.9 Å². The van der Waals surface area contributed by atoms with E-state index >= 15 is 0 Å². The summed E-state index contributed by atoms with van der Waals surface area (Å²) >= 11 is 6.11. The van der Waals surface area contributed by atoms with E-state index in [1.165, 1.54) is 0 Å². The van der Waals surface area contributed by atoms with Crippen LogP contribution in [0.3, 0.4) is 0 Å². The zero-order valence-corrected chi connectivity index (χ0v) is 19.2. The zero-order valence-electron chi connectivity index (χ0n) is 18.5. The monoisotopic (exact) mass is 434 g/mol. The van der Waals surface area contributed by atoms with E-state index in [1.54, 1.807) is 29.8 Å². The Kier molecular flexibility index (Phi) is 9.79. The number of amides is 1. The molecule has 1 aromatic heterocycles. The molecule has 0 aliphatic heterocycles. The van der Waals surface area contributed by atoms with Crippen LogP contribution in [-0.2, 0) is 11.8 Å². The third-order valence-corrected chi connectivity index (χ3v) is 5.82. The number of hydrogen-bond donors (Lipinski definition) is 1. The van der Waals surface area contributed by atoms with Crippen molar-refractivity contribution in [2.75, 3.05) is 13.1 Å². The molecule has 2 rings (SSSR count). The van der Waals surface area contributed by atoms with E-state index in [2.05, 4.69) is 6.92 Å². The molecule has 1 heterocycles. The maximum absolute atomic E-state index is 13.0. The molecule has 0 aliphatic rings. The molecule has 7 heteroatoms. The molecular formula is C23H35ClN4O2. The summed E-state index contributed by atoms with van der Waals surface area (Å²) in [5, 5.41) is 1.06. The Labute approximate surface area is 184 Å². The number of carbonyl (C=O) groups is 1. The predicted molar refractivity (Wildman–Crippen MR) is 124 cm³/mol. The van der Waals surface area contributed by atoms with Gasteiger partial charge in [0.2, 0.25) is 5.91 Å². The first-order valence-corrected chi connectivity index (χ1v) is 11.4. The third kappa shape index (κ3) is 6.29. The number of rotatable bonds is 12. The van der Waals surface area contributed by atoms with Gasteiger partial charge >= 0.3 is 0 Å². The number of unbranched alkanes of at least 4 members (excludes halogenated alkanes) is 5. The molecule has 0 radical (unpaired) electrons. The highest BCUT2D eigenvalue weighted by Crippen LogP contribution is 2.23. The molecule has 0 aliphatic carbocycles. The fourth-order valence-electron chi connectivity index (χ4n) is 3.76. The average molecular weight is 435 g/mol. The van der Waals surface area contributed by atoms with Crippen LogP contribution in [0.4, 0.5) is 0 Å². The summed E-state index contributed by atoms with van der Waals surface area (Å²) in [6.45, 7) is 5.43. The van der Waals surface area contributed by atoms with Gasteiger partial charge in [-0.3, -0.25) is 14.2 Å². The average Bonchev–Trinajstić information content (AvgIpc) is 2.72. The van der Waals surface area contributed by atoms with Crippen LogP contribution in [0.15, 0.2) is 23.0 Å². The molecule has 30 heavy (non-hydrogen) atoms. The number of hydrogen-bond acceptors (Lipinski definition) is 4. The Morgan fingerprint density at radius 1 is 1.20 bits per heavy atom. The minimum atomic E-state index is -0.297. The van der Waals surface area contributed by atoms with Gasteiger partial charge < -0.3 is 10.6 Å². The van der Waals surface area contributed by atoms with Crippen molar-refractivity contribution in [2.24, 2.45) is 12.8 Å². The smallest absolute Gasteiger partial charge is 0.261 e. The van der Waals surface area contributed by atoms with Gasteiger partial charge in [-0.05, 0) is 50.9 Å². The van der Waals surface area contributed by atoms with E-state index in [0.717, 1.165) is 44.9 Å². The molecule has 0 fully saturated rings. The maximum atomic E-state index is 13.0. The summed E-state index contributed by atoms with van der Waals surface area (Å²) in [5.41, 5.74) is 6.02. The molecule has 0 bridgehead atoms. The van der Waals surface area contributed by atoms with Crippen molar-refractivity contribution in [1.29, 1.82) is 0 Å². The van der Waals surface area contributed by atoms with Gasteiger partial charge in [0, 0.05) is 25.0 Å². The van der Waals surface area contributed by atoms with Crippen molar-refractivity contribution < 1.29 is 4.79 Å². The van der Waals surface area contributed by atoms with E-state index in [4.69, 9.17) is 22.3 Å². The standard InChI is InChI=1S/C23H35ClN4O2/c1-4-5-8-11-21(29)28(15-10-7-6-9-14-25)17(2)22-26-20-16-18(24)12-13-19(20)23(30)27(22)3/h12-13,16-17H,4-11,14-15,25H2,1-3H3. The first-order valence-electron chi connectivity index (χ1n) is 11.1. The molecule has 0 saturated heterocycles. The topological polar surface area (TPSA) is 81.2 Å². The molecular weight excluding hydrogens is 400 g/mol. The van der Waals surface area contributed by atoms with Gasteiger partial charge in [0.25, 0.3) is 5.56 Å². The number of nitrogens with zero attached hydrogens (tertiary/aromatic N) is 3. The summed E-state index contributed by atoms with van der Waals surface area (Å²) < 4.78 is 1.56. The molecule has 0 spiro atoms. The van der Waals surface area contributed by atoms with Crippen molar-refractivity contribution in [3.63, 3.8) is 0 Å². The molecule has 6 nitrogen and oxygen atoms in total. The van der Waals surface area contributed by atoms with Gasteiger partial charge in [-0.1, -0.05) is 44.2 Å². The summed E-state index contributed by atoms with van der Waals surface area (Å²) in [6, 6.07) is 4.80. The molecule has 0 saturated carbocycles. The summed E-state index contributed by atoms with van der Waals surface area (Å²) in [5.74, 6) is 0.704. The Morgan fingerprint density at radius 3 is 2.63 bits per heavy atom. The second-order valence-electron chi connectivity index (χ2n) is 7.92.